The third kappa shape index (κ3) is 2.87. The lowest BCUT2D eigenvalue weighted by Gasteiger charge is -2.13. The summed E-state index contributed by atoms with van der Waals surface area (Å²) in [5.74, 6) is -2.78. The molecule has 2 aromatic carbocycles. The molecule has 0 saturated heterocycles. The lowest BCUT2D eigenvalue weighted by atomic mass is 10.1. The molecule has 0 bridgehead atoms. The van der Waals surface area contributed by atoms with Gasteiger partial charge in [0, 0.05) is 10.2 Å². The zero-order valence-corrected chi connectivity index (χ0v) is 13.3. The van der Waals surface area contributed by atoms with Gasteiger partial charge >= 0.3 is 0 Å². The number of carbonyl (C=O) groups excluding carboxylic acids is 3. The van der Waals surface area contributed by atoms with Crippen LogP contribution in [0.3, 0.4) is 0 Å². The lowest BCUT2D eigenvalue weighted by molar-refractivity contribution is -0.116. The Bertz CT molecular complexity index is 838. The summed E-state index contributed by atoms with van der Waals surface area (Å²) in [6.45, 7) is -0.474. The Morgan fingerprint density at radius 2 is 1.87 bits per heavy atom. The first kappa shape index (κ1) is 15.4. The predicted octanol–water partition coefficient (Wildman–Crippen LogP) is 2.82. The van der Waals surface area contributed by atoms with Crippen molar-refractivity contribution >= 4 is 39.3 Å². The number of amides is 3. The van der Waals surface area contributed by atoms with Crippen LogP contribution in [0.15, 0.2) is 46.9 Å². The highest BCUT2D eigenvalue weighted by Crippen LogP contribution is 2.25. The van der Waals surface area contributed by atoms with Crippen molar-refractivity contribution in [3.63, 3.8) is 0 Å². The summed E-state index contributed by atoms with van der Waals surface area (Å²) >= 11 is 3.28. The van der Waals surface area contributed by atoms with Crippen molar-refractivity contribution in [1.82, 2.24) is 4.90 Å². The minimum absolute atomic E-state index is 0.0229. The van der Waals surface area contributed by atoms with E-state index in [4.69, 9.17) is 0 Å². The second kappa shape index (κ2) is 5.92. The molecule has 0 aromatic heterocycles. The molecule has 0 radical (unpaired) electrons. The second-order valence-corrected chi connectivity index (χ2v) is 5.83. The highest BCUT2D eigenvalue weighted by atomic mass is 79.9. The molecule has 23 heavy (non-hydrogen) atoms. The third-order valence-corrected chi connectivity index (χ3v) is 3.85. The first-order chi connectivity index (χ1) is 11.0. The zero-order valence-electron chi connectivity index (χ0n) is 11.7. The smallest absolute Gasteiger partial charge is 0.265 e. The Labute approximate surface area is 139 Å². The Kier molecular flexibility index (Phi) is 3.96. The number of imide groups is 1. The number of halogens is 2. The van der Waals surface area contributed by atoms with Gasteiger partial charge in [-0.2, -0.15) is 0 Å². The standard InChI is InChI=1S/C16H10BrFN2O3/c17-9-3-1-4-10(7-9)19-13(21)8-20-15(22)11-5-2-6-12(18)14(11)16(20)23/h1-7H,8H2,(H,19,21). The fraction of sp³-hybridized carbons (Fsp3) is 0.0625. The van der Waals surface area contributed by atoms with Gasteiger partial charge in [0.25, 0.3) is 11.8 Å². The van der Waals surface area contributed by atoms with Crippen molar-refractivity contribution < 1.29 is 18.8 Å². The van der Waals surface area contributed by atoms with Crippen LogP contribution < -0.4 is 5.32 Å². The zero-order chi connectivity index (χ0) is 16.6. The summed E-state index contributed by atoms with van der Waals surface area (Å²) in [6.07, 6.45) is 0. The maximum absolute atomic E-state index is 13.7. The van der Waals surface area contributed by atoms with E-state index < -0.39 is 30.1 Å². The van der Waals surface area contributed by atoms with Crippen molar-refractivity contribution in [1.29, 1.82) is 0 Å². The highest BCUT2D eigenvalue weighted by molar-refractivity contribution is 9.10. The molecule has 3 rings (SSSR count). The van der Waals surface area contributed by atoms with Crippen LogP contribution in [0, 0.1) is 5.82 Å². The van der Waals surface area contributed by atoms with E-state index in [0.29, 0.717) is 5.69 Å². The number of hydrogen-bond donors (Lipinski definition) is 1. The minimum atomic E-state index is -0.799. The van der Waals surface area contributed by atoms with E-state index in [2.05, 4.69) is 21.2 Å². The molecule has 7 heteroatoms. The molecule has 1 aliphatic heterocycles. The van der Waals surface area contributed by atoms with E-state index in [0.717, 1.165) is 15.4 Å². The summed E-state index contributed by atoms with van der Waals surface area (Å²) in [4.78, 5) is 37.1. The molecule has 3 amide bonds. The number of nitrogens with one attached hydrogen (secondary N) is 1. The molecule has 0 spiro atoms. The van der Waals surface area contributed by atoms with Gasteiger partial charge in [0.1, 0.15) is 12.4 Å². The summed E-state index contributed by atoms with van der Waals surface area (Å²) in [7, 11) is 0. The van der Waals surface area contributed by atoms with Crippen LogP contribution in [-0.4, -0.2) is 29.2 Å². The molecule has 0 fully saturated rings. The fourth-order valence-electron chi connectivity index (χ4n) is 2.35. The molecular formula is C16H10BrFN2O3. The third-order valence-electron chi connectivity index (χ3n) is 3.36. The van der Waals surface area contributed by atoms with Gasteiger partial charge in [0.05, 0.1) is 11.1 Å². The van der Waals surface area contributed by atoms with Crippen LogP contribution in [0.25, 0.3) is 0 Å². The van der Waals surface area contributed by atoms with Gasteiger partial charge in [-0.3, -0.25) is 19.3 Å². The van der Waals surface area contributed by atoms with Crippen LogP contribution in [0.1, 0.15) is 20.7 Å². The van der Waals surface area contributed by atoms with Crippen LogP contribution in [0.4, 0.5) is 10.1 Å². The van der Waals surface area contributed by atoms with Gasteiger partial charge in [0.2, 0.25) is 5.91 Å². The maximum Gasteiger partial charge on any atom is 0.265 e. The Morgan fingerprint density at radius 3 is 2.57 bits per heavy atom. The van der Waals surface area contributed by atoms with Gasteiger partial charge in [-0.15, -0.1) is 0 Å². The van der Waals surface area contributed by atoms with Gasteiger partial charge in [-0.25, -0.2) is 4.39 Å². The van der Waals surface area contributed by atoms with Crippen molar-refractivity contribution in [2.45, 2.75) is 0 Å². The van der Waals surface area contributed by atoms with Gasteiger partial charge < -0.3 is 5.32 Å². The first-order valence-corrected chi connectivity index (χ1v) is 7.47. The first-order valence-electron chi connectivity index (χ1n) is 6.67. The van der Waals surface area contributed by atoms with Crippen LogP contribution in [0.2, 0.25) is 0 Å². The minimum Gasteiger partial charge on any atom is -0.324 e. The normalized spacial score (nSPS) is 13.2. The number of carbonyl (C=O) groups is 3. The Hall–Kier alpha value is -2.54. The maximum atomic E-state index is 13.7. The van der Waals surface area contributed by atoms with Crippen molar-refractivity contribution in [3.05, 3.63) is 63.9 Å². The van der Waals surface area contributed by atoms with E-state index in [1.807, 2.05) is 0 Å². The molecule has 1 N–H and O–H groups in total. The molecule has 116 valence electrons. The van der Waals surface area contributed by atoms with Crippen LogP contribution >= 0.6 is 15.9 Å². The van der Waals surface area contributed by atoms with Crippen molar-refractivity contribution in [2.75, 3.05) is 11.9 Å². The van der Waals surface area contributed by atoms with Gasteiger partial charge in [0.15, 0.2) is 0 Å². The molecule has 1 heterocycles. The van der Waals surface area contributed by atoms with E-state index in [9.17, 15) is 18.8 Å². The second-order valence-electron chi connectivity index (χ2n) is 4.92. The van der Waals surface area contributed by atoms with Crippen LogP contribution in [0.5, 0.6) is 0 Å². The monoisotopic (exact) mass is 376 g/mol. The van der Waals surface area contributed by atoms with E-state index >= 15 is 0 Å². The van der Waals surface area contributed by atoms with Crippen molar-refractivity contribution in [2.24, 2.45) is 0 Å². The molecule has 2 aromatic rings. The predicted molar refractivity (Wildman–Crippen MR) is 84.5 cm³/mol. The number of hydrogen-bond acceptors (Lipinski definition) is 3. The van der Waals surface area contributed by atoms with E-state index in [1.165, 1.54) is 12.1 Å². The molecule has 0 saturated carbocycles. The quantitative estimate of drug-likeness (QED) is 0.837. The highest BCUT2D eigenvalue weighted by Gasteiger charge is 2.38. The Balaban J connectivity index is 1.77. The van der Waals surface area contributed by atoms with Crippen LogP contribution in [-0.2, 0) is 4.79 Å². The average molecular weight is 377 g/mol. The number of nitrogens with zero attached hydrogens (tertiary/aromatic N) is 1. The number of benzene rings is 2. The molecule has 0 unspecified atom stereocenters. The van der Waals surface area contributed by atoms with Gasteiger partial charge in [-0.05, 0) is 30.3 Å². The average Bonchev–Trinajstić information content (AvgIpc) is 2.73. The molecule has 5 nitrogen and oxygen atoms in total. The summed E-state index contributed by atoms with van der Waals surface area (Å²) in [6, 6.07) is 10.7. The topological polar surface area (TPSA) is 66.5 Å². The summed E-state index contributed by atoms with van der Waals surface area (Å²) < 4.78 is 14.5. The van der Waals surface area contributed by atoms with E-state index in [-0.39, 0.29) is 11.1 Å². The largest absolute Gasteiger partial charge is 0.324 e. The number of anilines is 1. The van der Waals surface area contributed by atoms with Gasteiger partial charge in [-0.1, -0.05) is 28.1 Å². The molecule has 1 aliphatic rings. The summed E-state index contributed by atoms with van der Waals surface area (Å²) in [5, 5.41) is 2.58. The number of fused-ring (bicyclic) bond motifs is 1. The Morgan fingerprint density at radius 1 is 1.13 bits per heavy atom. The lowest BCUT2D eigenvalue weighted by Crippen LogP contribution is -2.37. The summed E-state index contributed by atoms with van der Waals surface area (Å²) in [5.41, 5.74) is 0.213. The molecule has 0 aliphatic carbocycles. The van der Waals surface area contributed by atoms with E-state index in [1.54, 1.807) is 24.3 Å². The SMILES string of the molecule is O=C(CN1C(=O)c2cccc(F)c2C1=O)Nc1cccc(Br)c1. The molecule has 0 atom stereocenters. The number of rotatable bonds is 3. The van der Waals surface area contributed by atoms with Crippen molar-refractivity contribution in [3.8, 4) is 0 Å². The molecular weight excluding hydrogens is 367 g/mol. The fourth-order valence-corrected chi connectivity index (χ4v) is 2.75.